The van der Waals surface area contributed by atoms with Crippen molar-refractivity contribution >= 4 is 17.3 Å². The third-order valence-electron chi connectivity index (χ3n) is 2.57. The summed E-state index contributed by atoms with van der Waals surface area (Å²) < 4.78 is 5.57. The molecule has 0 aliphatic heterocycles. The quantitative estimate of drug-likeness (QED) is 0.452. The first kappa shape index (κ1) is 15.7. The molecule has 1 aromatic carbocycles. The Balaban J connectivity index is 2.45. The molecule has 0 aliphatic rings. The third kappa shape index (κ3) is 5.44. The van der Waals surface area contributed by atoms with Crippen LogP contribution >= 0.6 is 11.6 Å². The van der Waals surface area contributed by atoms with E-state index in [-0.39, 0.29) is 10.7 Å². The average molecular weight is 287 g/mol. The van der Waals surface area contributed by atoms with Crippen LogP contribution in [0.2, 0.25) is 5.02 Å². The molecular formula is C13H19ClN2O3. The van der Waals surface area contributed by atoms with Crippen LogP contribution in [0.25, 0.3) is 0 Å². The van der Waals surface area contributed by atoms with Crippen molar-refractivity contribution in [1.82, 2.24) is 5.32 Å². The minimum Gasteiger partial charge on any atom is -0.493 e. The molecule has 1 aromatic rings. The number of nitrogens with zero attached hydrogens (tertiary/aromatic N) is 1. The minimum absolute atomic E-state index is 0.0965. The summed E-state index contributed by atoms with van der Waals surface area (Å²) in [5.41, 5.74) is -0.105. The van der Waals surface area contributed by atoms with Gasteiger partial charge in [0.2, 0.25) is 0 Å². The highest BCUT2D eigenvalue weighted by atomic mass is 35.5. The summed E-state index contributed by atoms with van der Waals surface area (Å²) >= 11 is 5.81. The van der Waals surface area contributed by atoms with E-state index in [4.69, 9.17) is 16.3 Å². The monoisotopic (exact) mass is 286 g/mol. The van der Waals surface area contributed by atoms with Crippen LogP contribution in [0.3, 0.4) is 0 Å². The second-order valence-corrected chi connectivity index (χ2v) is 4.90. The summed E-state index contributed by atoms with van der Waals surface area (Å²) in [4.78, 5) is 10.1. The van der Waals surface area contributed by atoms with Crippen LogP contribution < -0.4 is 10.1 Å². The van der Waals surface area contributed by atoms with E-state index >= 15 is 0 Å². The van der Waals surface area contributed by atoms with Gasteiger partial charge in [0.05, 0.1) is 11.5 Å². The number of ether oxygens (including phenoxy) is 1. The highest BCUT2D eigenvalue weighted by Crippen LogP contribution is 2.28. The first-order valence-corrected chi connectivity index (χ1v) is 6.69. The summed E-state index contributed by atoms with van der Waals surface area (Å²) in [5, 5.41) is 14.0. The maximum Gasteiger partial charge on any atom is 0.288 e. The second kappa shape index (κ2) is 7.96. The lowest BCUT2D eigenvalue weighted by Crippen LogP contribution is -2.25. The molecule has 1 atom stereocenters. The molecule has 106 valence electrons. The molecule has 5 nitrogen and oxygen atoms in total. The largest absolute Gasteiger partial charge is 0.493 e. The number of nitro groups is 1. The Labute approximate surface area is 118 Å². The van der Waals surface area contributed by atoms with E-state index in [1.54, 1.807) is 6.07 Å². The Kier molecular flexibility index (Phi) is 6.59. The Morgan fingerprint density at radius 1 is 1.53 bits per heavy atom. The number of halogens is 1. The topological polar surface area (TPSA) is 64.4 Å². The number of rotatable bonds is 8. The van der Waals surface area contributed by atoms with Crippen molar-refractivity contribution < 1.29 is 9.66 Å². The summed E-state index contributed by atoms with van der Waals surface area (Å²) in [6, 6.07) is 4.40. The lowest BCUT2D eigenvalue weighted by Gasteiger charge is -2.13. The molecule has 1 unspecified atom stereocenters. The Hall–Kier alpha value is -1.33. The van der Waals surface area contributed by atoms with Crippen molar-refractivity contribution in [3.8, 4) is 5.75 Å². The lowest BCUT2D eigenvalue weighted by molar-refractivity contribution is -0.384. The molecule has 1 N–H and O–H groups in total. The van der Waals surface area contributed by atoms with Gasteiger partial charge in [-0.1, -0.05) is 25.4 Å². The molecule has 0 bridgehead atoms. The summed E-state index contributed by atoms with van der Waals surface area (Å²) in [6.45, 7) is 6.62. The zero-order chi connectivity index (χ0) is 14.3. The van der Waals surface area contributed by atoms with Gasteiger partial charge in [-0.05, 0) is 19.0 Å². The molecule has 1 rings (SSSR count). The van der Waals surface area contributed by atoms with Crippen molar-refractivity contribution in [3.05, 3.63) is 33.3 Å². The normalized spacial score (nSPS) is 12.2. The van der Waals surface area contributed by atoms with Gasteiger partial charge in [-0.15, -0.1) is 0 Å². The molecule has 0 radical (unpaired) electrons. The second-order valence-electron chi connectivity index (χ2n) is 4.49. The molecule has 0 aromatic heterocycles. The fourth-order valence-electron chi connectivity index (χ4n) is 1.55. The summed E-state index contributed by atoms with van der Waals surface area (Å²) in [5.74, 6) is 0.915. The van der Waals surface area contributed by atoms with Gasteiger partial charge in [-0.3, -0.25) is 10.1 Å². The third-order valence-corrected chi connectivity index (χ3v) is 2.87. The SMILES string of the molecule is CCCNCC(C)COc1ccc([N+](=O)[O-])c(Cl)c1. The molecule has 19 heavy (non-hydrogen) atoms. The molecule has 0 spiro atoms. The van der Waals surface area contributed by atoms with Crippen LogP contribution in [-0.2, 0) is 0 Å². The van der Waals surface area contributed by atoms with Gasteiger partial charge in [0, 0.05) is 24.6 Å². The van der Waals surface area contributed by atoms with Gasteiger partial charge in [0.15, 0.2) is 0 Å². The molecule has 6 heteroatoms. The van der Waals surface area contributed by atoms with Gasteiger partial charge in [-0.25, -0.2) is 0 Å². The van der Waals surface area contributed by atoms with Crippen LogP contribution in [-0.4, -0.2) is 24.6 Å². The van der Waals surface area contributed by atoms with E-state index in [9.17, 15) is 10.1 Å². The molecule has 0 saturated carbocycles. The van der Waals surface area contributed by atoms with Gasteiger partial charge in [-0.2, -0.15) is 0 Å². The van der Waals surface area contributed by atoms with Gasteiger partial charge >= 0.3 is 0 Å². The van der Waals surface area contributed by atoms with Gasteiger partial charge in [0.1, 0.15) is 10.8 Å². The molecule has 0 aliphatic carbocycles. The van der Waals surface area contributed by atoms with E-state index in [1.165, 1.54) is 12.1 Å². The summed E-state index contributed by atoms with van der Waals surface area (Å²) in [6.07, 6.45) is 1.10. The average Bonchev–Trinajstić information content (AvgIpc) is 2.36. The van der Waals surface area contributed by atoms with Crippen molar-refractivity contribution in [2.75, 3.05) is 19.7 Å². The lowest BCUT2D eigenvalue weighted by atomic mass is 10.2. The molecule has 0 amide bonds. The number of nitrogens with one attached hydrogen (secondary N) is 1. The fourth-order valence-corrected chi connectivity index (χ4v) is 1.79. The molecular weight excluding hydrogens is 268 g/mol. The fraction of sp³-hybridized carbons (Fsp3) is 0.538. The van der Waals surface area contributed by atoms with Crippen LogP contribution in [0.4, 0.5) is 5.69 Å². The predicted octanol–water partition coefficient (Wildman–Crippen LogP) is 3.26. The van der Waals surface area contributed by atoms with Gasteiger partial charge < -0.3 is 10.1 Å². The highest BCUT2D eigenvalue weighted by Gasteiger charge is 2.13. The van der Waals surface area contributed by atoms with E-state index in [1.807, 2.05) is 0 Å². The molecule has 0 saturated heterocycles. The zero-order valence-corrected chi connectivity index (χ0v) is 11.9. The maximum atomic E-state index is 10.6. The molecule has 0 heterocycles. The van der Waals surface area contributed by atoms with E-state index in [2.05, 4.69) is 19.2 Å². The van der Waals surface area contributed by atoms with E-state index < -0.39 is 4.92 Å². The first-order chi connectivity index (χ1) is 9.04. The van der Waals surface area contributed by atoms with Crippen LogP contribution in [0.1, 0.15) is 20.3 Å². The highest BCUT2D eigenvalue weighted by molar-refractivity contribution is 6.32. The zero-order valence-electron chi connectivity index (χ0n) is 11.2. The summed E-state index contributed by atoms with van der Waals surface area (Å²) in [7, 11) is 0. The predicted molar refractivity (Wildman–Crippen MR) is 75.9 cm³/mol. The Bertz CT molecular complexity index is 426. The number of hydrogen-bond acceptors (Lipinski definition) is 4. The van der Waals surface area contributed by atoms with E-state index in [0.29, 0.717) is 18.3 Å². The maximum absolute atomic E-state index is 10.6. The smallest absolute Gasteiger partial charge is 0.288 e. The van der Waals surface area contributed by atoms with Crippen molar-refractivity contribution in [3.63, 3.8) is 0 Å². The first-order valence-electron chi connectivity index (χ1n) is 6.32. The van der Waals surface area contributed by atoms with Crippen LogP contribution in [0, 0.1) is 16.0 Å². The Morgan fingerprint density at radius 3 is 2.84 bits per heavy atom. The minimum atomic E-state index is -0.511. The van der Waals surface area contributed by atoms with Crippen molar-refractivity contribution in [2.45, 2.75) is 20.3 Å². The van der Waals surface area contributed by atoms with Gasteiger partial charge in [0.25, 0.3) is 5.69 Å². The van der Waals surface area contributed by atoms with Crippen molar-refractivity contribution in [1.29, 1.82) is 0 Å². The number of benzene rings is 1. The Morgan fingerprint density at radius 2 is 2.26 bits per heavy atom. The molecule has 0 fully saturated rings. The standard InChI is InChI=1S/C13H19ClN2O3/c1-3-6-15-8-10(2)9-19-11-4-5-13(16(17)18)12(14)7-11/h4-5,7,10,15H,3,6,8-9H2,1-2H3. The van der Waals surface area contributed by atoms with E-state index in [0.717, 1.165) is 19.5 Å². The number of nitro benzene ring substituents is 1. The van der Waals surface area contributed by atoms with Crippen LogP contribution in [0.15, 0.2) is 18.2 Å². The number of hydrogen-bond donors (Lipinski definition) is 1. The van der Waals surface area contributed by atoms with Crippen molar-refractivity contribution in [2.24, 2.45) is 5.92 Å². The van der Waals surface area contributed by atoms with Crippen LogP contribution in [0.5, 0.6) is 5.75 Å².